The van der Waals surface area contributed by atoms with Gasteiger partial charge in [0.25, 0.3) is 5.91 Å². The summed E-state index contributed by atoms with van der Waals surface area (Å²) in [5, 5.41) is 0.157. The van der Waals surface area contributed by atoms with Crippen molar-refractivity contribution in [2.75, 3.05) is 11.4 Å². The van der Waals surface area contributed by atoms with Crippen LogP contribution in [-0.4, -0.2) is 12.5 Å². The number of nitrogens with zero attached hydrogens (tertiary/aromatic N) is 1. The van der Waals surface area contributed by atoms with Crippen molar-refractivity contribution < 1.29 is 9.21 Å². The number of benzene rings is 1. The first-order valence-electron chi connectivity index (χ1n) is 6.31. The van der Waals surface area contributed by atoms with Gasteiger partial charge >= 0.3 is 0 Å². The van der Waals surface area contributed by atoms with Gasteiger partial charge in [0.2, 0.25) is 5.22 Å². The van der Waals surface area contributed by atoms with E-state index in [9.17, 15) is 4.79 Å². The third-order valence-electron chi connectivity index (χ3n) is 3.45. The van der Waals surface area contributed by atoms with Crippen molar-refractivity contribution in [1.82, 2.24) is 0 Å². The third-order valence-corrected chi connectivity index (χ3v) is 3.74. The molecule has 1 aliphatic heterocycles. The first kappa shape index (κ1) is 12.3. The number of furan rings is 1. The molecule has 0 fully saturated rings. The molecule has 98 valence electrons. The summed E-state index contributed by atoms with van der Waals surface area (Å²) < 4.78 is 5.00. The Morgan fingerprint density at radius 1 is 1.37 bits per heavy atom. The summed E-state index contributed by atoms with van der Waals surface area (Å²) in [6, 6.07) is 7.80. The Hall–Kier alpha value is -1.74. The molecule has 3 rings (SSSR count). The molecule has 4 heteroatoms. The second-order valence-corrected chi connectivity index (χ2v) is 5.14. The zero-order chi connectivity index (χ0) is 13.4. The number of fused-ring (bicyclic) bond motifs is 1. The smallest absolute Gasteiger partial charge is 0.263 e. The molecule has 0 aliphatic carbocycles. The minimum atomic E-state index is -0.0939. The predicted molar refractivity (Wildman–Crippen MR) is 74.9 cm³/mol. The van der Waals surface area contributed by atoms with Crippen LogP contribution in [0.5, 0.6) is 0 Å². The van der Waals surface area contributed by atoms with Crippen LogP contribution < -0.4 is 4.90 Å². The van der Waals surface area contributed by atoms with E-state index in [0.717, 1.165) is 25.1 Å². The lowest BCUT2D eigenvalue weighted by atomic mass is 9.99. The summed E-state index contributed by atoms with van der Waals surface area (Å²) in [6.45, 7) is 2.78. The van der Waals surface area contributed by atoms with Gasteiger partial charge in [0, 0.05) is 12.2 Å². The van der Waals surface area contributed by atoms with Crippen LogP contribution in [0.25, 0.3) is 0 Å². The molecule has 1 aromatic carbocycles. The van der Waals surface area contributed by atoms with E-state index < -0.39 is 0 Å². The highest BCUT2D eigenvalue weighted by atomic mass is 35.5. The molecule has 0 N–H and O–H groups in total. The van der Waals surface area contributed by atoms with E-state index in [4.69, 9.17) is 16.0 Å². The fourth-order valence-electron chi connectivity index (χ4n) is 2.53. The molecule has 0 saturated carbocycles. The highest BCUT2D eigenvalue weighted by Crippen LogP contribution is 2.30. The predicted octanol–water partition coefficient (Wildman–Crippen LogP) is 3.83. The van der Waals surface area contributed by atoms with Gasteiger partial charge in [0.1, 0.15) is 0 Å². The van der Waals surface area contributed by atoms with Crippen molar-refractivity contribution in [2.45, 2.75) is 19.8 Å². The maximum Gasteiger partial charge on any atom is 0.263 e. The average Bonchev–Trinajstić information content (AvgIpc) is 2.83. The molecule has 0 saturated heterocycles. The zero-order valence-electron chi connectivity index (χ0n) is 10.6. The Balaban J connectivity index is 2.00. The Kier molecular flexibility index (Phi) is 3.07. The number of carbonyl (C=O) groups excluding carboxylic acids is 1. The van der Waals surface area contributed by atoms with Gasteiger partial charge in [-0.25, -0.2) is 0 Å². The number of halogens is 1. The van der Waals surface area contributed by atoms with Gasteiger partial charge in [-0.1, -0.05) is 17.7 Å². The maximum absolute atomic E-state index is 12.5. The average molecular weight is 276 g/mol. The van der Waals surface area contributed by atoms with Crippen molar-refractivity contribution in [1.29, 1.82) is 0 Å². The van der Waals surface area contributed by atoms with E-state index in [1.165, 1.54) is 17.4 Å². The Bertz CT molecular complexity index is 633. The number of rotatable bonds is 1. The molecule has 1 aliphatic rings. The second-order valence-electron chi connectivity index (χ2n) is 4.80. The molecular weight excluding hydrogens is 262 g/mol. The van der Waals surface area contributed by atoms with Crippen LogP contribution >= 0.6 is 11.6 Å². The SMILES string of the molecule is Cc1ccc2c(c1)CCCN2C(=O)c1ccoc1Cl. The minimum Gasteiger partial charge on any atom is -0.452 e. The second kappa shape index (κ2) is 4.74. The number of anilines is 1. The van der Waals surface area contributed by atoms with Crippen LogP contribution in [0, 0.1) is 6.92 Å². The van der Waals surface area contributed by atoms with Crippen molar-refractivity contribution in [2.24, 2.45) is 0 Å². The molecule has 0 spiro atoms. The van der Waals surface area contributed by atoms with Crippen molar-refractivity contribution in [3.05, 3.63) is 52.4 Å². The summed E-state index contributed by atoms with van der Waals surface area (Å²) >= 11 is 5.89. The highest BCUT2D eigenvalue weighted by Gasteiger charge is 2.25. The summed E-state index contributed by atoms with van der Waals surface area (Å²) in [5.41, 5.74) is 3.85. The normalized spacial score (nSPS) is 14.3. The molecular formula is C15H14ClNO2. The Labute approximate surface area is 116 Å². The first-order valence-corrected chi connectivity index (χ1v) is 6.69. The van der Waals surface area contributed by atoms with Gasteiger partial charge in [-0.2, -0.15) is 0 Å². The number of amides is 1. The monoisotopic (exact) mass is 275 g/mol. The van der Waals surface area contributed by atoms with Crippen molar-refractivity contribution in [3.63, 3.8) is 0 Å². The standard InChI is InChI=1S/C15H14ClNO2/c1-10-4-5-13-11(9-10)3-2-7-17(13)15(18)12-6-8-19-14(12)16/h4-6,8-9H,2-3,7H2,1H3. The molecule has 0 unspecified atom stereocenters. The van der Waals surface area contributed by atoms with Gasteiger partial charge in [-0.3, -0.25) is 4.79 Å². The summed E-state index contributed by atoms with van der Waals surface area (Å²) in [7, 11) is 0. The van der Waals surface area contributed by atoms with Gasteiger partial charge in [0.15, 0.2) is 0 Å². The lowest BCUT2D eigenvalue weighted by molar-refractivity contribution is 0.0984. The van der Waals surface area contributed by atoms with Gasteiger partial charge in [-0.05, 0) is 49.1 Å². The number of carbonyl (C=O) groups is 1. The third kappa shape index (κ3) is 2.15. The van der Waals surface area contributed by atoms with Crippen LogP contribution in [0.15, 0.2) is 34.9 Å². The lowest BCUT2D eigenvalue weighted by Gasteiger charge is -2.29. The lowest BCUT2D eigenvalue weighted by Crippen LogP contribution is -2.35. The number of aryl methyl sites for hydroxylation is 2. The molecule has 0 radical (unpaired) electrons. The summed E-state index contributed by atoms with van der Waals surface area (Å²) in [4.78, 5) is 14.3. The van der Waals surface area contributed by atoms with Crippen LogP contribution in [0.1, 0.15) is 27.9 Å². The molecule has 2 heterocycles. The van der Waals surface area contributed by atoms with Gasteiger partial charge < -0.3 is 9.32 Å². The largest absolute Gasteiger partial charge is 0.452 e. The van der Waals surface area contributed by atoms with Crippen molar-refractivity contribution >= 4 is 23.2 Å². The molecule has 1 aromatic heterocycles. The zero-order valence-corrected chi connectivity index (χ0v) is 11.4. The van der Waals surface area contributed by atoms with E-state index >= 15 is 0 Å². The highest BCUT2D eigenvalue weighted by molar-refractivity contribution is 6.32. The van der Waals surface area contributed by atoms with Crippen LogP contribution in [0.4, 0.5) is 5.69 Å². The molecule has 19 heavy (non-hydrogen) atoms. The molecule has 2 aromatic rings. The van der Waals surface area contributed by atoms with Gasteiger partial charge in [0.05, 0.1) is 11.8 Å². The van der Waals surface area contributed by atoms with Crippen LogP contribution in [0.2, 0.25) is 5.22 Å². The molecule has 0 bridgehead atoms. The fourth-order valence-corrected chi connectivity index (χ4v) is 2.72. The van der Waals surface area contributed by atoms with Crippen LogP contribution in [-0.2, 0) is 6.42 Å². The molecule has 3 nitrogen and oxygen atoms in total. The Morgan fingerprint density at radius 2 is 2.21 bits per heavy atom. The number of hydrogen-bond acceptors (Lipinski definition) is 2. The minimum absolute atomic E-state index is 0.0939. The van der Waals surface area contributed by atoms with Crippen molar-refractivity contribution in [3.8, 4) is 0 Å². The maximum atomic E-state index is 12.5. The topological polar surface area (TPSA) is 33.5 Å². The first-order chi connectivity index (χ1) is 9.16. The fraction of sp³-hybridized carbons (Fsp3) is 0.267. The van der Waals surface area contributed by atoms with E-state index in [-0.39, 0.29) is 11.1 Å². The van der Waals surface area contributed by atoms with Gasteiger partial charge in [-0.15, -0.1) is 0 Å². The molecule has 1 amide bonds. The quantitative estimate of drug-likeness (QED) is 0.792. The Morgan fingerprint density at radius 3 is 2.95 bits per heavy atom. The van der Waals surface area contributed by atoms with E-state index in [1.54, 1.807) is 11.0 Å². The van der Waals surface area contributed by atoms with Crippen LogP contribution in [0.3, 0.4) is 0 Å². The number of hydrogen-bond donors (Lipinski definition) is 0. The summed E-state index contributed by atoms with van der Waals surface area (Å²) in [6.07, 6.45) is 3.42. The van der Waals surface area contributed by atoms with E-state index in [0.29, 0.717) is 5.56 Å². The summed E-state index contributed by atoms with van der Waals surface area (Å²) in [5.74, 6) is -0.0939. The van der Waals surface area contributed by atoms with E-state index in [1.807, 2.05) is 12.1 Å². The van der Waals surface area contributed by atoms with E-state index in [2.05, 4.69) is 13.0 Å². The molecule has 0 atom stereocenters.